The number of rotatable bonds is 5. The molecular formula is C12H17FN2O2S. The second kappa shape index (κ2) is 6.04. The summed E-state index contributed by atoms with van der Waals surface area (Å²) < 4.78 is 13.1. The van der Waals surface area contributed by atoms with Crippen LogP contribution in [-0.2, 0) is 0 Å². The van der Waals surface area contributed by atoms with Crippen LogP contribution in [0.4, 0.5) is 15.8 Å². The van der Waals surface area contributed by atoms with Gasteiger partial charge in [0.2, 0.25) is 0 Å². The van der Waals surface area contributed by atoms with Crippen LogP contribution in [0.15, 0.2) is 18.2 Å². The van der Waals surface area contributed by atoms with Crippen molar-refractivity contribution >= 4 is 23.1 Å². The maximum absolute atomic E-state index is 12.9. The van der Waals surface area contributed by atoms with E-state index < -0.39 is 10.7 Å². The zero-order valence-corrected chi connectivity index (χ0v) is 11.5. The molecule has 0 heterocycles. The van der Waals surface area contributed by atoms with Crippen molar-refractivity contribution < 1.29 is 9.31 Å². The standard InChI is InChI=1S/C12H17FN2O2S/c1-12(2,3)18-7-6-14-10-5-4-9(13)8-11(10)15(16)17/h4-5,8,14H,6-7H2,1-3H3. The van der Waals surface area contributed by atoms with Crippen molar-refractivity contribution in [3.63, 3.8) is 0 Å². The average Bonchev–Trinajstić information content (AvgIpc) is 2.24. The van der Waals surface area contributed by atoms with E-state index in [0.29, 0.717) is 12.2 Å². The first-order valence-electron chi connectivity index (χ1n) is 5.61. The van der Waals surface area contributed by atoms with Crippen molar-refractivity contribution in [2.75, 3.05) is 17.6 Å². The minimum atomic E-state index is -0.601. The Balaban J connectivity index is 2.59. The van der Waals surface area contributed by atoms with Gasteiger partial charge >= 0.3 is 0 Å². The van der Waals surface area contributed by atoms with Crippen molar-refractivity contribution in [3.05, 3.63) is 34.1 Å². The molecule has 0 aliphatic carbocycles. The van der Waals surface area contributed by atoms with Crippen LogP contribution in [0, 0.1) is 15.9 Å². The maximum atomic E-state index is 12.9. The lowest BCUT2D eigenvalue weighted by atomic mass is 10.2. The summed E-state index contributed by atoms with van der Waals surface area (Å²) in [5.41, 5.74) is 0.131. The van der Waals surface area contributed by atoms with Crippen LogP contribution >= 0.6 is 11.8 Å². The normalized spacial score (nSPS) is 11.3. The van der Waals surface area contributed by atoms with E-state index in [2.05, 4.69) is 26.1 Å². The van der Waals surface area contributed by atoms with Crippen LogP contribution in [0.25, 0.3) is 0 Å². The van der Waals surface area contributed by atoms with Gasteiger partial charge in [-0.3, -0.25) is 10.1 Å². The number of thioether (sulfide) groups is 1. The minimum Gasteiger partial charge on any atom is -0.379 e. The van der Waals surface area contributed by atoms with E-state index in [1.807, 2.05) is 0 Å². The molecule has 1 N–H and O–H groups in total. The summed E-state index contributed by atoms with van der Waals surface area (Å²) >= 11 is 1.76. The molecule has 1 rings (SSSR count). The van der Waals surface area contributed by atoms with Crippen molar-refractivity contribution in [3.8, 4) is 0 Å². The van der Waals surface area contributed by atoms with Gasteiger partial charge in [0.05, 0.1) is 11.0 Å². The van der Waals surface area contributed by atoms with Crippen molar-refractivity contribution in [1.29, 1.82) is 0 Å². The van der Waals surface area contributed by atoms with Gasteiger partial charge in [-0.2, -0.15) is 11.8 Å². The summed E-state index contributed by atoms with van der Waals surface area (Å²) in [4.78, 5) is 10.2. The summed E-state index contributed by atoms with van der Waals surface area (Å²) in [5, 5.41) is 13.7. The molecule has 1 aromatic carbocycles. The van der Waals surface area contributed by atoms with Gasteiger partial charge in [0.1, 0.15) is 11.5 Å². The second-order valence-electron chi connectivity index (χ2n) is 4.81. The van der Waals surface area contributed by atoms with Gasteiger partial charge in [0, 0.05) is 17.0 Å². The summed E-state index contributed by atoms with van der Waals surface area (Å²) in [6.45, 7) is 6.93. The number of nitro groups is 1. The van der Waals surface area contributed by atoms with E-state index in [9.17, 15) is 14.5 Å². The monoisotopic (exact) mass is 272 g/mol. The summed E-state index contributed by atoms with van der Waals surface area (Å²) in [5.74, 6) is 0.231. The molecule has 0 spiro atoms. The zero-order chi connectivity index (χ0) is 13.8. The van der Waals surface area contributed by atoms with E-state index in [0.717, 1.165) is 11.8 Å². The lowest BCUT2D eigenvalue weighted by molar-refractivity contribution is -0.384. The van der Waals surface area contributed by atoms with Crippen molar-refractivity contribution in [1.82, 2.24) is 0 Å². The fourth-order valence-corrected chi connectivity index (χ4v) is 2.16. The molecule has 0 aliphatic heterocycles. The Kier molecular flexibility index (Phi) is 4.95. The number of nitrogens with zero attached hydrogens (tertiary/aromatic N) is 1. The van der Waals surface area contributed by atoms with Crippen molar-refractivity contribution in [2.24, 2.45) is 0 Å². The molecule has 0 atom stereocenters. The van der Waals surface area contributed by atoms with Crippen LogP contribution in [0.2, 0.25) is 0 Å². The van der Waals surface area contributed by atoms with E-state index in [4.69, 9.17) is 0 Å². The van der Waals surface area contributed by atoms with Crippen LogP contribution in [0.5, 0.6) is 0 Å². The number of anilines is 1. The van der Waals surface area contributed by atoms with Crippen molar-refractivity contribution in [2.45, 2.75) is 25.5 Å². The Morgan fingerprint density at radius 2 is 2.11 bits per heavy atom. The van der Waals surface area contributed by atoms with Gasteiger partial charge < -0.3 is 5.32 Å². The Morgan fingerprint density at radius 3 is 2.67 bits per heavy atom. The number of hydrogen-bond acceptors (Lipinski definition) is 4. The largest absolute Gasteiger partial charge is 0.379 e. The number of nitrogens with one attached hydrogen (secondary N) is 1. The molecule has 1 aromatic rings. The molecule has 0 bridgehead atoms. The fourth-order valence-electron chi connectivity index (χ4n) is 1.35. The van der Waals surface area contributed by atoms with Gasteiger partial charge in [-0.05, 0) is 12.1 Å². The Bertz CT molecular complexity index is 433. The summed E-state index contributed by atoms with van der Waals surface area (Å²) in [7, 11) is 0. The molecule has 0 radical (unpaired) electrons. The smallest absolute Gasteiger partial charge is 0.295 e. The zero-order valence-electron chi connectivity index (χ0n) is 10.7. The second-order valence-corrected chi connectivity index (χ2v) is 6.73. The van der Waals surface area contributed by atoms with Crippen LogP contribution < -0.4 is 5.32 Å². The predicted molar refractivity (Wildman–Crippen MR) is 73.8 cm³/mol. The number of nitro benzene ring substituents is 1. The molecule has 0 aliphatic rings. The predicted octanol–water partition coefficient (Wildman–Crippen LogP) is 3.68. The van der Waals surface area contributed by atoms with E-state index in [1.54, 1.807) is 11.8 Å². The van der Waals surface area contributed by atoms with E-state index in [-0.39, 0.29) is 10.4 Å². The van der Waals surface area contributed by atoms with Crippen LogP contribution in [0.1, 0.15) is 20.8 Å². The number of benzene rings is 1. The SMILES string of the molecule is CC(C)(C)SCCNc1ccc(F)cc1[N+](=O)[O-]. The third-order valence-electron chi connectivity index (χ3n) is 2.11. The van der Waals surface area contributed by atoms with Crippen LogP contribution in [0.3, 0.4) is 0 Å². The van der Waals surface area contributed by atoms with Gasteiger partial charge in [0.25, 0.3) is 5.69 Å². The first kappa shape index (κ1) is 14.8. The Morgan fingerprint density at radius 1 is 1.44 bits per heavy atom. The van der Waals surface area contributed by atoms with E-state index >= 15 is 0 Å². The third kappa shape index (κ3) is 4.91. The highest BCUT2D eigenvalue weighted by molar-refractivity contribution is 8.00. The highest BCUT2D eigenvalue weighted by atomic mass is 32.2. The molecule has 18 heavy (non-hydrogen) atoms. The molecule has 0 aromatic heterocycles. The molecular weight excluding hydrogens is 255 g/mol. The van der Waals surface area contributed by atoms with Gasteiger partial charge in [-0.1, -0.05) is 20.8 Å². The summed E-state index contributed by atoms with van der Waals surface area (Å²) in [6.07, 6.45) is 0. The maximum Gasteiger partial charge on any atom is 0.295 e. The number of halogens is 1. The lowest BCUT2D eigenvalue weighted by Gasteiger charge is -2.17. The molecule has 100 valence electrons. The number of hydrogen-bond donors (Lipinski definition) is 1. The Labute approximate surface area is 110 Å². The topological polar surface area (TPSA) is 55.2 Å². The average molecular weight is 272 g/mol. The first-order chi connectivity index (χ1) is 8.29. The summed E-state index contributed by atoms with van der Waals surface area (Å²) in [6, 6.07) is 3.54. The molecule has 0 amide bonds. The molecule has 0 unspecified atom stereocenters. The molecule has 4 nitrogen and oxygen atoms in total. The van der Waals surface area contributed by atoms with Crippen LogP contribution in [-0.4, -0.2) is 22.0 Å². The molecule has 0 saturated carbocycles. The quantitative estimate of drug-likeness (QED) is 0.504. The lowest BCUT2D eigenvalue weighted by Crippen LogP contribution is -2.13. The third-order valence-corrected chi connectivity index (χ3v) is 3.38. The van der Waals surface area contributed by atoms with Gasteiger partial charge in [-0.15, -0.1) is 0 Å². The molecule has 0 saturated heterocycles. The van der Waals surface area contributed by atoms with Gasteiger partial charge in [0.15, 0.2) is 0 Å². The fraction of sp³-hybridized carbons (Fsp3) is 0.500. The molecule has 6 heteroatoms. The molecule has 0 fully saturated rings. The Hall–Kier alpha value is -1.30. The van der Waals surface area contributed by atoms with Gasteiger partial charge in [-0.25, -0.2) is 4.39 Å². The van der Waals surface area contributed by atoms with E-state index in [1.165, 1.54) is 12.1 Å². The highest BCUT2D eigenvalue weighted by Gasteiger charge is 2.15. The first-order valence-corrected chi connectivity index (χ1v) is 6.60. The highest BCUT2D eigenvalue weighted by Crippen LogP contribution is 2.26. The minimum absolute atomic E-state index is 0.163.